The van der Waals surface area contributed by atoms with Gasteiger partial charge in [-0.15, -0.1) is 0 Å². The van der Waals surface area contributed by atoms with Crippen molar-refractivity contribution in [1.82, 2.24) is 24.1 Å². The molecule has 1 N–H and O–H groups in total. The van der Waals surface area contributed by atoms with Crippen molar-refractivity contribution in [1.29, 1.82) is 0 Å². The molecular formula is C25H20F2N6O2. The van der Waals surface area contributed by atoms with Crippen LogP contribution in [0.5, 0.6) is 0 Å². The van der Waals surface area contributed by atoms with E-state index in [4.69, 9.17) is 0 Å². The van der Waals surface area contributed by atoms with Crippen LogP contribution in [0.1, 0.15) is 18.7 Å². The number of halogens is 2. The number of aromatic nitrogens is 5. The van der Waals surface area contributed by atoms with Crippen molar-refractivity contribution in [2.75, 3.05) is 5.32 Å². The third-order valence-corrected chi connectivity index (χ3v) is 5.67. The number of carbonyl (C=O) groups is 1. The summed E-state index contributed by atoms with van der Waals surface area (Å²) in [5.41, 5.74) is 0.861. The summed E-state index contributed by atoms with van der Waals surface area (Å²) >= 11 is 0. The molecule has 2 aromatic carbocycles. The molecule has 35 heavy (non-hydrogen) atoms. The fourth-order valence-corrected chi connectivity index (χ4v) is 3.89. The van der Waals surface area contributed by atoms with E-state index < -0.39 is 29.1 Å². The van der Waals surface area contributed by atoms with Crippen molar-refractivity contribution in [3.8, 4) is 11.5 Å². The first-order valence-corrected chi connectivity index (χ1v) is 10.8. The summed E-state index contributed by atoms with van der Waals surface area (Å²) < 4.78 is 31.7. The van der Waals surface area contributed by atoms with Crippen molar-refractivity contribution >= 4 is 22.5 Å². The van der Waals surface area contributed by atoms with Gasteiger partial charge in [0.1, 0.15) is 28.6 Å². The molecule has 176 valence electrons. The largest absolute Gasteiger partial charge is 0.322 e. The summed E-state index contributed by atoms with van der Waals surface area (Å²) in [5.74, 6) is -1.86. The Kier molecular flexibility index (Phi) is 5.48. The molecule has 0 fully saturated rings. The highest BCUT2D eigenvalue weighted by molar-refractivity contribution is 5.94. The number of benzene rings is 2. The van der Waals surface area contributed by atoms with Crippen LogP contribution in [0.2, 0.25) is 0 Å². The van der Waals surface area contributed by atoms with Gasteiger partial charge in [0.15, 0.2) is 5.82 Å². The van der Waals surface area contributed by atoms with Crippen molar-refractivity contribution in [2.24, 2.45) is 0 Å². The average Bonchev–Trinajstić information content (AvgIpc) is 3.51. The van der Waals surface area contributed by atoms with Gasteiger partial charge in [-0.25, -0.2) is 18.1 Å². The Morgan fingerprint density at radius 1 is 1.00 bits per heavy atom. The predicted octanol–water partition coefficient (Wildman–Crippen LogP) is 4.16. The molecular weight excluding hydrogens is 454 g/mol. The first-order valence-electron chi connectivity index (χ1n) is 10.8. The lowest BCUT2D eigenvalue weighted by Gasteiger charge is -2.15. The Labute approximate surface area is 198 Å². The normalized spacial score (nSPS) is 12.1. The van der Waals surface area contributed by atoms with Crippen LogP contribution in [0, 0.1) is 18.6 Å². The van der Waals surface area contributed by atoms with Crippen molar-refractivity contribution in [3.05, 3.63) is 101 Å². The number of hydrogen-bond donors (Lipinski definition) is 1. The van der Waals surface area contributed by atoms with Crippen LogP contribution >= 0.6 is 0 Å². The zero-order chi connectivity index (χ0) is 24.7. The number of nitrogens with zero attached hydrogens (tertiary/aromatic N) is 5. The lowest BCUT2D eigenvalue weighted by Crippen LogP contribution is -2.34. The Hall–Kier alpha value is -4.60. The van der Waals surface area contributed by atoms with E-state index >= 15 is 0 Å². The summed E-state index contributed by atoms with van der Waals surface area (Å²) in [6.45, 7) is 3.18. The van der Waals surface area contributed by atoms with Crippen LogP contribution in [-0.2, 0) is 4.79 Å². The van der Waals surface area contributed by atoms with E-state index in [9.17, 15) is 18.4 Å². The lowest BCUT2D eigenvalue weighted by atomic mass is 10.2. The average molecular weight is 474 g/mol. The van der Waals surface area contributed by atoms with E-state index in [0.717, 1.165) is 22.5 Å². The molecule has 1 amide bonds. The van der Waals surface area contributed by atoms with Gasteiger partial charge in [0.05, 0.1) is 17.1 Å². The second-order valence-corrected chi connectivity index (χ2v) is 8.01. The topological polar surface area (TPSA) is 86.7 Å². The fraction of sp³-hybridized carbons (Fsp3) is 0.120. The standard InChI is InChI=1S/C25H20F2N6O2/c1-15-22-21(24(31-12-6-7-13-31)33(30-22)18-8-4-3-5-9-18)25(35)32(29-15)16(2)23(34)28-20-11-10-17(26)14-19(20)27/h3-14,16H,1-2H3,(H,28,34)/t16-/m0/s1. The number of carbonyl (C=O) groups excluding carboxylic acids is 1. The molecule has 0 unspecified atom stereocenters. The van der Waals surface area contributed by atoms with Crippen molar-refractivity contribution < 1.29 is 13.6 Å². The minimum atomic E-state index is -1.09. The molecule has 0 aliphatic heterocycles. The summed E-state index contributed by atoms with van der Waals surface area (Å²) in [6.07, 6.45) is 3.59. The van der Waals surface area contributed by atoms with Crippen molar-refractivity contribution in [2.45, 2.75) is 19.9 Å². The van der Waals surface area contributed by atoms with Gasteiger partial charge < -0.3 is 9.88 Å². The minimum absolute atomic E-state index is 0.195. The molecule has 0 spiro atoms. The highest BCUT2D eigenvalue weighted by Gasteiger charge is 2.26. The molecule has 0 saturated heterocycles. The number of nitrogens with one attached hydrogen (secondary N) is 1. The molecule has 0 radical (unpaired) electrons. The number of para-hydroxylation sites is 1. The maximum Gasteiger partial charge on any atom is 0.280 e. The number of hydrogen-bond acceptors (Lipinski definition) is 4. The van der Waals surface area contributed by atoms with E-state index in [2.05, 4.69) is 15.5 Å². The molecule has 0 saturated carbocycles. The molecule has 1 atom stereocenters. The van der Waals surface area contributed by atoms with Crippen LogP contribution in [0.4, 0.5) is 14.5 Å². The van der Waals surface area contributed by atoms with Crippen molar-refractivity contribution in [3.63, 3.8) is 0 Å². The highest BCUT2D eigenvalue weighted by atomic mass is 19.1. The Bertz CT molecular complexity index is 1610. The number of anilines is 1. The first kappa shape index (κ1) is 22.2. The summed E-state index contributed by atoms with van der Waals surface area (Å²) in [4.78, 5) is 26.6. The maximum absolute atomic E-state index is 14.0. The first-order chi connectivity index (χ1) is 16.8. The second-order valence-electron chi connectivity index (χ2n) is 8.01. The van der Waals surface area contributed by atoms with Crippen LogP contribution in [-0.4, -0.2) is 30.0 Å². The van der Waals surface area contributed by atoms with Crippen LogP contribution in [0.3, 0.4) is 0 Å². The predicted molar refractivity (Wildman–Crippen MR) is 127 cm³/mol. The molecule has 3 aromatic heterocycles. The number of fused-ring (bicyclic) bond motifs is 1. The van der Waals surface area contributed by atoms with E-state index in [1.165, 1.54) is 6.92 Å². The molecule has 0 aliphatic rings. The third-order valence-electron chi connectivity index (χ3n) is 5.67. The minimum Gasteiger partial charge on any atom is -0.322 e. The van der Waals surface area contributed by atoms with Gasteiger partial charge in [0, 0.05) is 18.5 Å². The molecule has 8 nitrogen and oxygen atoms in total. The fourth-order valence-electron chi connectivity index (χ4n) is 3.89. The number of amides is 1. The SMILES string of the molecule is Cc1nn([C@@H](C)C(=O)Nc2ccc(F)cc2F)c(=O)c2c(-n3cccc3)n(-c3ccccc3)nc12. The zero-order valence-electron chi connectivity index (χ0n) is 18.8. The van der Waals surface area contributed by atoms with Gasteiger partial charge in [-0.3, -0.25) is 9.59 Å². The van der Waals surface area contributed by atoms with Gasteiger partial charge in [-0.1, -0.05) is 18.2 Å². The van der Waals surface area contributed by atoms with Gasteiger partial charge >= 0.3 is 0 Å². The van der Waals surface area contributed by atoms with Crippen LogP contribution < -0.4 is 10.9 Å². The van der Waals surface area contributed by atoms with E-state index in [1.54, 1.807) is 28.6 Å². The molecule has 0 bridgehead atoms. The van der Waals surface area contributed by atoms with E-state index in [-0.39, 0.29) is 11.1 Å². The third kappa shape index (κ3) is 3.88. The molecule has 5 rings (SSSR count). The van der Waals surface area contributed by atoms with Gasteiger partial charge in [0.25, 0.3) is 5.56 Å². The highest BCUT2D eigenvalue weighted by Crippen LogP contribution is 2.25. The Morgan fingerprint density at radius 3 is 2.40 bits per heavy atom. The van der Waals surface area contributed by atoms with Crippen LogP contribution in [0.25, 0.3) is 22.4 Å². The quantitative estimate of drug-likeness (QED) is 0.415. The summed E-state index contributed by atoms with van der Waals surface area (Å²) in [6, 6.07) is 14.7. The smallest absolute Gasteiger partial charge is 0.280 e. The van der Waals surface area contributed by atoms with E-state index in [0.29, 0.717) is 23.1 Å². The molecule has 0 aliphatic carbocycles. The second kappa shape index (κ2) is 8.64. The number of aryl methyl sites for hydroxylation is 1. The zero-order valence-corrected chi connectivity index (χ0v) is 18.8. The summed E-state index contributed by atoms with van der Waals surface area (Å²) in [5, 5.41) is 11.7. The van der Waals surface area contributed by atoms with Gasteiger partial charge in [-0.2, -0.15) is 10.2 Å². The van der Waals surface area contributed by atoms with Crippen LogP contribution in [0.15, 0.2) is 77.9 Å². The Balaban J connectivity index is 1.65. The maximum atomic E-state index is 14.0. The molecule has 10 heteroatoms. The van der Waals surface area contributed by atoms with E-state index in [1.807, 2.05) is 42.5 Å². The van der Waals surface area contributed by atoms with Gasteiger partial charge in [0.2, 0.25) is 5.91 Å². The van der Waals surface area contributed by atoms with Gasteiger partial charge in [-0.05, 0) is 50.2 Å². The monoisotopic (exact) mass is 474 g/mol. The Morgan fingerprint density at radius 2 is 1.71 bits per heavy atom. The number of rotatable bonds is 5. The molecule has 3 heterocycles. The lowest BCUT2D eigenvalue weighted by molar-refractivity contribution is -0.119. The summed E-state index contributed by atoms with van der Waals surface area (Å²) in [7, 11) is 0. The molecule has 5 aromatic rings.